The minimum absolute atomic E-state index is 0.0721. The molecule has 0 aliphatic carbocycles. The average Bonchev–Trinajstić information content (AvgIpc) is 2.94. The second-order valence-corrected chi connectivity index (χ2v) is 9.54. The summed E-state index contributed by atoms with van der Waals surface area (Å²) in [4.78, 5) is 25.9. The van der Waals surface area contributed by atoms with Gasteiger partial charge in [0.2, 0.25) is 5.91 Å². The van der Waals surface area contributed by atoms with Crippen molar-refractivity contribution in [3.8, 4) is 11.1 Å². The summed E-state index contributed by atoms with van der Waals surface area (Å²) < 4.78 is 20.6. The van der Waals surface area contributed by atoms with Gasteiger partial charge in [-0.1, -0.05) is 43.3 Å². The first-order chi connectivity index (χ1) is 17.7. The van der Waals surface area contributed by atoms with Crippen molar-refractivity contribution in [1.29, 1.82) is 0 Å². The van der Waals surface area contributed by atoms with Gasteiger partial charge in [0.15, 0.2) is 0 Å². The van der Waals surface area contributed by atoms with Crippen LogP contribution in [0.3, 0.4) is 0 Å². The Morgan fingerprint density at radius 2 is 2.05 bits per heavy atom. The van der Waals surface area contributed by atoms with E-state index in [9.17, 15) is 19.8 Å². The monoisotopic (exact) mass is 515 g/mol. The van der Waals surface area contributed by atoms with E-state index in [-0.39, 0.29) is 25.5 Å². The van der Waals surface area contributed by atoms with Crippen LogP contribution in [-0.4, -0.2) is 66.5 Å². The maximum absolute atomic E-state index is 15.5. The number of nitrogens with zero attached hydrogens (tertiary/aromatic N) is 1. The largest absolute Gasteiger partial charge is 0.450 e. The fraction of sp³-hybridized carbons (Fsp3) is 0.500. The first kappa shape index (κ1) is 28.6. The van der Waals surface area contributed by atoms with Crippen LogP contribution in [0.1, 0.15) is 43.7 Å². The molecule has 2 unspecified atom stereocenters. The molecule has 2 aromatic carbocycles. The van der Waals surface area contributed by atoms with Crippen LogP contribution in [0.4, 0.5) is 9.18 Å². The number of aliphatic hydroxyl groups is 2. The Bertz CT molecular complexity index is 1080. The summed E-state index contributed by atoms with van der Waals surface area (Å²) >= 11 is 0. The van der Waals surface area contributed by atoms with E-state index < -0.39 is 36.1 Å². The Morgan fingerprint density at radius 1 is 1.30 bits per heavy atom. The Kier molecular flexibility index (Phi) is 10.0. The highest BCUT2D eigenvalue weighted by Crippen LogP contribution is 2.44. The van der Waals surface area contributed by atoms with Gasteiger partial charge in [-0.05, 0) is 54.9 Å². The van der Waals surface area contributed by atoms with Crippen LogP contribution in [0.2, 0.25) is 0 Å². The standard InChI is InChI=1S/C28H38FN3O5/c1-3-19-8-4-9-20(16-19)25-22(11-5-12-23(25)29)28(36,13-7-15-37-27(35)31-2)21-10-6-14-32(17-21)26(34)24(30)18-33/h4-5,8-9,11-12,16,21,24,33,36H,3,6-7,10,13-15,17-18,30H2,1-2H3,(H,31,35)/t21?,24-,28?/m0/s1. The average molecular weight is 516 g/mol. The minimum Gasteiger partial charge on any atom is -0.450 e. The highest BCUT2D eigenvalue weighted by atomic mass is 19.1. The molecule has 0 saturated carbocycles. The number of nitrogens with two attached hydrogens (primary N) is 1. The van der Waals surface area contributed by atoms with Crippen LogP contribution in [0.15, 0.2) is 42.5 Å². The molecule has 202 valence electrons. The molecule has 2 aromatic rings. The number of halogens is 1. The van der Waals surface area contributed by atoms with Crippen LogP contribution >= 0.6 is 0 Å². The van der Waals surface area contributed by atoms with E-state index in [1.165, 1.54) is 13.1 Å². The van der Waals surface area contributed by atoms with Crippen molar-refractivity contribution in [2.24, 2.45) is 11.7 Å². The number of rotatable bonds is 10. The number of alkyl carbamates (subject to hydrolysis) is 1. The molecule has 1 aliphatic rings. The summed E-state index contributed by atoms with van der Waals surface area (Å²) in [5, 5.41) is 24.1. The van der Waals surface area contributed by atoms with Crippen molar-refractivity contribution < 1.29 is 28.9 Å². The third-order valence-electron chi connectivity index (χ3n) is 7.17. The van der Waals surface area contributed by atoms with Crippen molar-refractivity contribution in [3.05, 3.63) is 59.4 Å². The lowest BCUT2D eigenvalue weighted by atomic mass is 9.72. The van der Waals surface area contributed by atoms with Gasteiger partial charge in [0.1, 0.15) is 11.9 Å². The van der Waals surface area contributed by atoms with E-state index in [2.05, 4.69) is 5.32 Å². The van der Waals surface area contributed by atoms with Gasteiger partial charge in [-0.3, -0.25) is 4.79 Å². The number of hydrogen-bond acceptors (Lipinski definition) is 6. The summed E-state index contributed by atoms with van der Waals surface area (Å²) in [7, 11) is 1.47. The zero-order chi connectivity index (χ0) is 27.0. The molecule has 9 heteroatoms. The molecule has 0 bridgehead atoms. The predicted molar refractivity (Wildman–Crippen MR) is 139 cm³/mol. The Hall–Kier alpha value is -3.01. The number of carbonyl (C=O) groups excluding carboxylic acids is 2. The Labute approximate surface area is 217 Å². The van der Waals surface area contributed by atoms with Gasteiger partial charge in [0.05, 0.1) is 18.8 Å². The zero-order valence-electron chi connectivity index (χ0n) is 21.6. The molecule has 5 N–H and O–H groups in total. The first-order valence-corrected chi connectivity index (χ1v) is 12.9. The molecule has 1 heterocycles. The number of piperidine rings is 1. The summed E-state index contributed by atoms with van der Waals surface area (Å²) in [5.74, 6) is -1.25. The van der Waals surface area contributed by atoms with Crippen molar-refractivity contribution in [3.63, 3.8) is 0 Å². The molecular weight excluding hydrogens is 477 g/mol. The lowest BCUT2D eigenvalue weighted by Crippen LogP contribution is -2.53. The van der Waals surface area contributed by atoms with E-state index in [1.807, 2.05) is 31.2 Å². The summed E-state index contributed by atoms with van der Waals surface area (Å²) in [6.45, 7) is 2.30. The molecular formula is C28H38FN3O5. The van der Waals surface area contributed by atoms with Gasteiger partial charge < -0.3 is 30.9 Å². The lowest BCUT2D eigenvalue weighted by molar-refractivity contribution is -0.139. The normalized spacial score (nSPS) is 18.1. The Balaban J connectivity index is 2.03. The smallest absolute Gasteiger partial charge is 0.406 e. The number of aryl methyl sites for hydroxylation is 1. The van der Waals surface area contributed by atoms with Gasteiger partial charge in [0, 0.05) is 31.6 Å². The number of ether oxygens (including phenoxy) is 1. The van der Waals surface area contributed by atoms with Crippen LogP contribution in [-0.2, 0) is 21.6 Å². The first-order valence-electron chi connectivity index (χ1n) is 12.9. The number of carbonyl (C=O) groups is 2. The molecule has 1 aliphatic heterocycles. The molecule has 1 fully saturated rings. The van der Waals surface area contributed by atoms with Crippen molar-refractivity contribution in [1.82, 2.24) is 10.2 Å². The van der Waals surface area contributed by atoms with Crippen LogP contribution in [0.5, 0.6) is 0 Å². The molecule has 1 saturated heterocycles. The molecule has 3 atom stereocenters. The van der Waals surface area contributed by atoms with E-state index >= 15 is 4.39 Å². The third kappa shape index (κ3) is 6.66. The third-order valence-corrected chi connectivity index (χ3v) is 7.17. The minimum atomic E-state index is -1.52. The summed E-state index contributed by atoms with van der Waals surface area (Å²) in [5.41, 5.74) is 6.74. The summed E-state index contributed by atoms with van der Waals surface area (Å²) in [6.07, 6.45) is 1.96. The highest BCUT2D eigenvalue weighted by molar-refractivity contribution is 5.82. The zero-order valence-corrected chi connectivity index (χ0v) is 21.6. The highest BCUT2D eigenvalue weighted by Gasteiger charge is 2.43. The molecule has 0 radical (unpaired) electrons. The molecule has 3 rings (SSSR count). The second-order valence-electron chi connectivity index (χ2n) is 9.54. The molecule has 0 aromatic heterocycles. The maximum Gasteiger partial charge on any atom is 0.406 e. The fourth-order valence-corrected chi connectivity index (χ4v) is 5.14. The number of likely N-dealkylation sites (tertiary alicyclic amines) is 1. The fourth-order valence-electron chi connectivity index (χ4n) is 5.14. The number of hydrogen-bond donors (Lipinski definition) is 4. The van der Waals surface area contributed by atoms with Crippen molar-refractivity contribution >= 4 is 12.0 Å². The van der Waals surface area contributed by atoms with Gasteiger partial charge in [-0.15, -0.1) is 0 Å². The van der Waals surface area contributed by atoms with E-state index in [0.29, 0.717) is 42.5 Å². The van der Waals surface area contributed by atoms with Gasteiger partial charge in [0.25, 0.3) is 0 Å². The number of aliphatic hydroxyl groups excluding tert-OH is 1. The van der Waals surface area contributed by atoms with Crippen LogP contribution < -0.4 is 11.1 Å². The quantitative estimate of drug-likeness (QED) is 0.361. The topological polar surface area (TPSA) is 125 Å². The SMILES string of the molecule is CCc1cccc(-c2c(F)cccc2C(O)(CCCOC(=O)NC)C2CCCN(C(=O)[C@@H](N)CO)C2)c1. The van der Waals surface area contributed by atoms with E-state index in [4.69, 9.17) is 10.5 Å². The van der Waals surface area contributed by atoms with Crippen molar-refractivity contribution in [2.45, 2.75) is 50.7 Å². The predicted octanol–water partition coefficient (Wildman–Crippen LogP) is 2.94. The Morgan fingerprint density at radius 3 is 2.76 bits per heavy atom. The lowest BCUT2D eigenvalue weighted by Gasteiger charge is -2.44. The molecule has 8 nitrogen and oxygen atoms in total. The van der Waals surface area contributed by atoms with Crippen LogP contribution in [0.25, 0.3) is 11.1 Å². The van der Waals surface area contributed by atoms with Gasteiger partial charge >= 0.3 is 6.09 Å². The number of amides is 2. The van der Waals surface area contributed by atoms with Crippen LogP contribution in [0, 0.1) is 11.7 Å². The van der Waals surface area contributed by atoms with E-state index in [1.54, 1.807) is 17.0 Å². The maximum atomic E-state index is 15.5. The van der Waals surface area contributed by atoms with Crippen molar-refractivity contribution in [2.75, 3.05) is 33.4 Å². The number of benzene rings is 2. The molecule has 0 spiro atoms. The molecule has 37 heavy (non-hydrogen) atoms. The van der Waals surface area contributed by atoms with Gasteiger partial charge in [-0.2, -0.15) is 0 Å². The van der Waals surface area contributed by atoms with Gasteiger partial charge in [-0.25, -0.2) is 9.18 Å². The van der Waals surface area contributed by atoms with E-state index in [0.717, 1.165) is 12.0 Å². The number of nitrogens with one attached hydrogen (secondary N) is 1. The summed E-state index contributed by atoms with van der Waals surface area (Å²) in [6, 6.07) is 11.3. The second kappa shape index (κ2) is 13.0. The molecule has 2 amide bonds.